The monoisotopic (exact) mass is 391 g/mol. The first-order valence-corrected chi connectivity index (χ1v) is 7.90. The molecule has 1 atom stereocenters. The van der Waals surface area contributed by atoms with Gasteiger partial charge in [0.1, 0.15) is 11.7 Å². The van der Waals surface area contributed by atoms with E-state index in [1.807, 2.05) is 24.3 Å². The van der Waals surface area contributed by atoms with E-state index in [2.05, 4.69) is 31.8 Å². The molecule has 124 valence electrons. The van der Waals surface area contributed by atoms with Crippen molar-refractivity contribution < 1.29 is 14.0 Å². The van der Waals surface area contributed by atoms with Crippen molar-refractivity contribution in [2.75, 3.05) is 5.32 Å². The Morgan fingerprint density at radius 2 is 1.92 bits per heavy atom. The molecule has 5 nitrogen and oxygen atoms in total. The van der Waals surface area contributed by atoms with Crippen LogP contribution in [0.25, 0.3) is 0 Å². The van der Waals surface area contributed by atoms with E-state index in [4.69, 9.17) is 0 Å². The lowest BCUT2D eigenvalue weighted by Gasteiger charge is -2.11. The summed E-state index contributed by atoms with van der Waals surface area (Å²) in [6.45, 7) is 1.42. The van der Waals surface area contributed by atoms with Gasteiger partial charge >= 0.3 is 0 Å². The Morgan fingerprint density at radius 3 is 2.62 bits per heavy atom. The number of nitrogens with one attached hydrogen (secondary N) is 2. The van der Waals surface area contributed by atoms with Gasteiger partial charge in [0.25, 0.3) is 5.91 Å². The van der Waals surface area contributed by atoms with E-state index in [9.17, 15) is 14.0 Å². The first-order valence-electron chi connectivity index (χ1n) is 7.11. The summed E-state index contributed by atoms with van der Waals surface area (Å²) in [5.74, 6) is -2.79. The third-order valence-electron chi connectivity index (χ3n) is 3.16. The largest absolute Gasteiger partial charge is 0.323 e. The lowest BCUT2D eigenvalue weighted by Crippen LogP contribution is -2.34. The molecule has 2 amide bonds. The molecule has 0 bridgehead atoms. The molecular formula is C17H15BrFN3O2. The van der Waals surface area contributed by atoms with Crippen LogP contribution in [0.15, 0.2) is 58.1 Å². The maximum Gasteiger partial charge on any atom is 0.252 e. The maximum absolute atomic E-state index is 13.5. The number of rotatable bonds is 5. The Hall–Kier alpha value is -2.54. The normalized spacial score (nSPS) is 12.0. The van der Waals surface area contributed by atoms with Crippen LogP contribution in [0.4, 0.5) is 10.1 Å². The third-order valence-corrected chi connectivity index (χ3v) is 3.65. The van der Waals surface area contributed by atoms with Gasteiger partial charge in [0.15, 0.2) is 0 Å². The zero-order chi connectivity index (χ0) is 17.5. The highest BCUT2D eigenvalue weighted by Crippen LogP contribution is 2.14. The van der Waals surface area contributed by atoms with E-state index < -0.39 is 23.5 Å². The van der Waals surface area contributed by atoms with Gasteiger partial charge in [-0.05, 0) is 36.8 Å². The molecule has 0 saturated heterocycles. The van der Waals surface area contributed by atoms with Crippen LogP contribution in [0.5, 0.6) is 0 Å². The lowest BCUT2D eigenvalue weighted by molar-refractivity contribution is -0.131. The second kappa shape index (κ2) is 8.35. The number of halogens is 2. The molecule has 0 fully saturated rings. The smallest absolute Gasteiger partial charge is 0.252 e. The van der Waals surface area contributed by atoms with E-state index in [1.165, 1.54) is 31.3 Å². The molecule has 2 aromatic carbocycles. The molecular weight excluding hydrogens is 377 g/mol. The number of hydrogen-bond donors (Lipinski definition) is 2. The van der Waals surface area contributed by atoms with Crippen LogP contribution in [0.1, 0.15) is 12.5 Å². The lowest BCUT2D eigenvalue weighted by atomic mass is 10.1. The van der Waals surface area contributed by atoms with E-state index in [0.717, 1.165) is 10.0 Å². The van der Waals surface area contributed by atoms with Crippen LogP contribution < -0.4 is 10.7 Å². The van der Waals surface area contributed by atoms with Gasteiger partial charge in [-0.25, -0.2) is 9.82 Å². The van der Waals surface area contributed by atoms with Gasteiger partial charge in [0, 0.05) is 4.47 Å². The number of carbonyl (C=O) groups excluding carboxylic acids is 2. The summed E-state index contributed by atoms with van der Waals surface area (Å²) >= 11 is 3.33. The molecule has 2 N–H and O–H groups in total. The fourth-order valence-corrected chi connectivity index (χ4v) is 2.19. The van der Waals surface area contributed by atoms with E-state index in [-0.39, 0.29) is 5.69 Å². The van der Waals surface area contributed by atoms with Gasteiger partial charge in [-0.15, -0.1) is 0 Å². The number of hydrazone groups is 1. The number of benzene rings is 2. The second-order valence-electron chi connectivity index (χ2n) is 4.98. The molecule has 1 unspecified atom stereocenters. The summed E-state index contributed by atoms with van der Waals surface area (Å²) < 4.78 is 14.4. The summed E-state index contributed by atoms with van der Waals surface area (Å²) in [6, 6.07) is 13.1. The van der Waals surface area contributed by atoms with Crippen molar-refractivity contribution in [2.45, 2.75) is 6.92 Å². The molecule has 0 saturated carbocycles. The summed E-state index contributed by atoms with van der Waals surface area (Å²) in [4.78, 5) is 23.9. The number of anilines is 1. The Balaban J connectivity index is 1.92. The zero-order valence-electron chi connectivity index (χ0n) is 12.8. The van der Waals surface area contributed by atoms with Crippen LogP contribution in [-0.2, 0) is 9.59 Å². The van der Waals surface area contributed by atoms with Gasteiger partial charge in [-0.2, -0.15) is 5.10 Å². The molecule has 0 aromatic heterocycles. The predicted octanol–water partition coefficient (Wildman–Crippen LogP) is 3.31. The highest BCUT2D eigenvalue weighted by atomic mass is 79.9. The predicted molar refractivity (Wildman–Crippen MR) is 94.1 cm³/mol. The number of para-hydroxylation sites is 1. The minimum Gasteiger partial charge on any atom is -0.323 e. The minimum atomic E-state index is -1.02. The first-order chi connectivity index (χ1) is 11.5. The topological polar surface area (TPSA) is 70.6 Å². The summed E-state index contributed by atoms with van der Waals surface area (Å²) in [6.07, 6.45) is 1.46. The molecule has 0 heterocycles. The Kier molecular flexibility index (Phi) is 6.20. The molecule has 0 aliphatic carbocycles. The number of nitrogens with zero attached hydrogens (tertiary/aromatic N) is 1. The SMILES string of the molecule is CC(C(=O)NN=Cc1cccc(Br)c1)C(=O)Nc1ccccc1F. The number of hydrogen-bond acceptors (Lipinski definition) is 3. The van der Waals surface area contributed by atoms with Crippen molar-refractivity contribution in [1.29, 1.82) is 0 Å². The van der Waals surface area contributed by atoms with Crippen molar-refractivity contribution in [3.05, 3.63) is 64.4 Å². The van der Waals surface area contributed by atoms with Gasteiger partial charge in [-0.3, -0.25) is 9.59 Å². The molecule has 0 aliphatic heterocycles. The maximum atomic E-state index is 13.5. The zero-order valence-corrected chi connectivity index (χ0v) is 14.4. The fraction of sp³-hybridized carbons (Fsp3) is 0.118. The second-order valence-corrected chi connectivity index (χ2v) is 5.90. The number of amides is 2. The van der Waals surface area contributed by atoms with Crippen LogP contribution in [0.2, 0.25) is 0 Å². The van der Waals surface area contributed by atoms with Crippen LogP contribution in [-0.4, -0.2) is 18.0 Å². The number of carbonyl (C=O) groups is 2. The first kappa shape index (κ1) is 17.8. The van der Waals surface area contributed by atoms with Crippen molar-refractivity contribution in [2.24, 2.45) is 11.0 Å². The van der Waals surface area contributed by atoms with Crippen molar-refractivity contribution in [3.8, 4) is 0 Å². The summed E-state index contributed by atoms with van der Waals surface area (Å²) in [5.41, 5.74) is 3.11. The molecule has 7 heteroatoms. The minimum absolute atomic E-state index is 0.0276. The van der Waals surface area contributed by atoms with Crippen LogP contribution in [0.3, 0.4) is 0 Å². The molecule has 24 heavy (non-hydrogen) atoms. The van der Waals surface area contributed by atoms with Crippen molar-refractivity contribution in [1.82, 2.24) is 5.43 Å². The van der Waals surface area contributed by atoms with Crippen LogP contribution >= 0.6 is 15.9 Å². The quantitative estimate of drug-likeness (QED) is 0.466. The molecule has 0 spiro atoms. The fourth-order valence-electron chi connectivity index (χ4n) is 1.78. The standard InChI is InChI=1S/C17H15BrFN3O2/c1-11(16(23)21-15-8-3-2-7-14(15)19)17(24)22-20-10-12-5-4-6-13(18)9-12/h2-11H,1H3,(H,21,23)(H,22,24). The third kappa shape index (κ3) is 4.99. The summed E-state index contributed by atoms with van der Waals surface area (Å²) in [5, 5.41) is 6.18. The van der Waals surface area contributed by atoms with Crippen molar-refractivity contribution >= 4 is 39.6 Å². The average Bonchev–Trinajstić information content (AvgIpc) is 2.56. The Bertz CT molecular complexity index is 780. The average molecular weight is 392 g/mol. The van der Waals surface area contributed by atoms with E-state index in [0.29, 0.717) is 0 Å². The highest BCUT2D eigenvalue weighted by molar-refractivity contribution is 9.10. The van der Waals surface area contributed by atoms with Crippen molar-refractivity contribution in [3.63, 3.8) is 0 Å². The van der Waals surface area contributed by atoms with Gasteiger partial charge < -0.3 is 5.32 Å². The Morgan fingerprint density at radius 1 is 1.17 bits per heavy atom. The van der Waals surface area contributed by atoms with Gasteiger partial charge in [0.2, 0.25) is 5.91 Å². The highest BCUT2D eigenvalue weighted by Gasteiger charge is 2.21. The molecule has 0 aliphatic rings. The molecule has 2 aromatic rings. The van der Waals surface area contributed by atoms with E-state index in [1.54, 1.807) is 6.07 Å². The van der Waals surface area contributed by atoms with Gasteiger partial charge in [0.05, 0.1) is 11.9 Å². The van der Waals surface area contributed by atoms with Gasteiger partial charge in [-0.1, -0.05) is 40.2 Å². The van der Waals surface area contributed by atoms with E-state index >= 15 is 0 Å². The Labute approximate surface area is 147 Å². The summed E-state index contributed by atoms with van der Waals surface area (Å²) in [7, 11) is 0. The molecule has 2 rings (SSSR count). The van der Waals surface area contributed by atoms with Crippen LogP contribution in [0, 0.1) is 11.7 Å². The molecule has 0 radical (unpaired) electrons.